The number of fused-ring (bicyclic) bond motifs is 1. The number of pyridine rings is 1. The summed E-state index contributed by atoms with van der Waals surface area (Å²) in [5, 5.41) is 4.46. The Morgan fingerprint density at radius 1 is 1.38 bits per heavy atom. The molecule has 110 valence electrons. The fourth-order valence-electron chi connectivity index (χ4n) is 2.78. The summed E-state index contributed by atoms with van der Waals surface area (Å²) in [5.41, 5.74) is 1.58. The quantitative estimate of drug-likeness (QED) is 0.857. The minimum Gasteiger partial charge on any atom is -0.379 e. The molecular formula is C17H20N2O2. The number of benzene rings is 1. The second-order valence-electron chi connectivity index (χ2n) is 5.48. The summed E-state index contributed by atoms with van der Waals surface area (Å²) in [6.45, 7) is 4.15. The molecule has 1 aliphatic rings. The normalized spacial score (nSPS) is 21.8. The van der Waals surface area contributed by atoms with E-state index in [1.807, 2.05) is 30.3 Å². The minimum absolute atomic E-state index is 0.0993. The van der Waals surface area contributed by atoms with Crippen molar-refractivity contribution in [2.45, 2.75) is 19.4 Å². The average molecular weight is 284 g/mol. The van der Waals surface area contributed by atoms with E-state index in [1.54, 1.807) is 6.20 Å². The smallest absolute Gasteiger partial charge is 0.169 e. The number of Topliss-reactive ketones (excluding diaryl/α,β-unsaturated/α-hetero) is 1. The fourth-order valence-corrected chi connectivity index (χ4v) is 2.78. The molecule has 0 saturated carbocycles. The highest BCUT2D eigenvalue weighted by atomic mass is 16.5. The molecule has 1 aromatic carbocycles. The predicted molar refractivity (Wildman–Crippen MR) is 82.5 cm³/mol. The van der Waals surface area contributed by atoms with E-state index >= 15 is 0 Å². The lowest BCUT2D eigenvalue weighted by Gasteiger charge is -2.17. The van der Waals surface area contributed by atoms with Gasteiger partial charge in [-0.15, -0.1) is 0 Å². The van der Waals surface area contributed by atoms with Gasteiger partial charge in [0, 0.05) is 23.2 Å². The van der Waals surface area contributed by atoms with Crippen molar-refractivity contribution in [3.05, 3.63) is 42.1 Å². The monoisotopic (exact) mass is 284 g/mol. The van der Waals surface area contributed by atoms with Gasteiger partial charge in [-0.25, -0.2) is 0 Å². The van der Waals surface area contributed by atoms with Crippen LogP contribution in [0.25, 0.3) is 10.9 Å². The molecule has 4 nitrogen and oxygen atoms in total. The zero-order valence-corrected chi connectivity index (χ0v) is 12.2. The molecule has 1 aliphatic heterocycles. The number of ketones is 1. The van der Waals surface area contributed by atoms with E-state index in [4.69, 9.17) is 4.74 Å². The van der Waals surface area contributed by atoms with Gasteiger partial charge in [-0.05, 0) is 25.1 Å². The van der Waals surface area contributed by atoms with Crippen molar-refractivity contribution in [3.63, 3.8) is 0 Å². The number of aromatic nitrogens is 1. The summed E-state index contributed by atoms with van der Waals surface area (Å²) in [7, 11) is 0. The Bertz CT molecular complexity index is 641. The molecule has 0 radical (unpaired) electrons. The van der Waals surface area contributed by atoms with Gasteiger partial charge in [0.1, 0.15) is 0 Å². The van der Waals surface area contributed by atoms with Gasteiger partial charge in [0.25, 0.3) is 0 Å². The van der Waals surface area contributed by atoms with E-state index in [1.165, 1.54) is 0 Å². The van der Waals surface area contributed by atoms with Crippen molar-refractivity contribution in [1.29, 1.82) is 0 Å². The molecule has 0 amide bonds. The number of nitrogens with zero attached hydrogens (tertiary/aromatic N) is 1. The van der Waals surface area contributed by atoms with E-state index in [2.05, 4.69) is 17.2 Å². The van der Waals surface area contributed by atoms with Crippen molar-refractivity contribution in [2.75, 3.05) is 19.8 Å². The molecule has 21 heavy (non-hydrogen) atoms. The van der Waals surface area contributed by atoms with Crippen LogP contribution < -0.4 is 5.32 Å². The van der Waals surface area contributed by atoms with Crippen LogP contribution in [0.4, 0.5) is 0 Å². The van der Waals surface area contributed by atoms with Gasteiger partial charge in [0.2, 0.25) is 0 Å². The lowest BCUT2D eigenvalue weighted by atomic mass is 9.92. The van der Waals surface area contributed by atoms with Gasteiger partial charge in [0.05, 0.1) is 24.6 Å². The Hall–Kier alpha value is -1.78. The fraction of sp³-hybridized carbons (Fsp3) is 0.412. The van der Waals surface area contributed by atoms with Crippen molar-refractivity contribution in [2.24, 2.45) is 5.92 Å². The molecule has 3 rings (SSSR count). The molecule has 1 saturated heterocycles. The highest BCUT2D eigenvalue weighted by Crippen LogP contribution is 2.21. The Morgan fingerprint density at radius 2 is 2.29 bits per heavy atom. The zero-order chi connectivity index (χ0) is 14.7. The number of hydrogen-bond acceptors (Lipinski definition) is 4. The lowest BCUT2D eigenvalue weighted by Crippen LogP contribution is -2.39. The van der Waals surface area contributed by atoms with E-state index in [-0.39, 0.29) is 17.7 Å². The minimum atomic E-state index is -0.0993. The SMILES string of the molecule is CCCNC1COCC1C(=O)c1ccc2cccnc2c1. The van der Waals surface area contributed by atoms with Crippen LogP contribution in [0, 0.1) is 5.92 Å². The first-order chi connectivity index (χ1) is 10.3. The number of hydrogen-bond donors (Lipinski definition) is 1. The van der Waals surface area contributed by atoms with Crippen molar-refractivity contribution < 1.29 is 9.53 Å². The molecule has 2 heterocycles. The van der Waals surface area contributed by atoms with Crippen molar-refractivity contribution in [3.8, 4) is 0 Å². The van der Waals surface area contributed by atoms with Gasteiger partial charge >= 0.3 is 0 Å². The van der Waals surface area contributed by atoms with E-state index in [0.717, 1.165) is 29.4 Å². The summed E-state index contributed by atoms with van der Waals surface area (Å²) >= 11 is 0. The number of carbonyl (C=O) groups is 1. The number of ether oxygens (including phenoxy) is 1. The van der Waals surface area contributed by atoms with Crippen LogP contribution in [-0.2, 0) is 4.74 Å². The second kappa shape index (κ2) is 6.33. The van der Waals surface area contributed by atoms with Gasteiger partial charge in [-0.3, -0.25) is 9.78 Å². The van der Waals surface area contributed by atoms with Crippen molar-refractivity contribution in [1.82, 2.24) is 10.3 Å². The van der Waals surface area contributed by atoms with Crippen LogP contribution >= 0.6 is 0 Å². The van der Waals surface area contributed by atoms with E-state index < -0.39 is 0 Å². The van der Waals surface area contributed by atoms with Crippen LogP contribution in [0.15, 0.2) is 36.5 Å². The summed E-state index contributed by atoms with van der Waals surface area (Å²) < 4.78 is 5.50. The third kappa shape index (κ3) is 2.96. The van der Waals surface area contributed by atoms with Crippen LogP contribution in [0.1, 0.15) is 23.7 Å². The van der Waals surface area contributed by atoms with Crippen LogP contribution in [0.2, 0.25) is 0 Å². The summed E-state index contributed by atoms with van der Waals surface area (Å²) in [6, 6.07) is 9.76. The molecule has 1 N–H and O–H groups in total. The number of nitrogens with one attached hydrogen (secondary N) is 1. The highest BCUT2D eigenvalue weighted by molar-refractivity contribution is 6.01. The molecule has 0 aliphatic carbocycles. The predicted octanol–water partition coefficient (Wildman–Crippen LogP) is 2.43. The first-order valence-corrected chi connectivity index (χ1v) is 7.49. The molecule has 4 heteroatoms. The molecule has 1 fully saturated rings. The summed E-state index contributed by atoms with van der Waals surface area (Å²) in [4.78, 5) is 17.0. The van der Waals surface area contributed by atoms with Crippen molar-refractivity contribution >= 4 is 16.7 Å². The highest BCUT2D eigenvalue weighted by Gasteiger charge is 2.34. The molecular weight excluding hydrogens is 264 g/mol. The molecule has 2 unspecified atom stereocenters. The Morgan fingerprint density at radius 3 is 3.14 bits per heavy atom. The molecule has 2 atom stereocenters. The third-order valence-corrected chi connectivity index (χ3v) is 3.96. The topological polar surface area (TPSA) is 51.2 Å². The zero-order valence-electron chi connectivity index (χ0n) is 12.2. The average Bonchev–Trinajstić information content (AvgIpc) is 3.00. The van der Waals surface area contributed by atoms with E-state index in [0.29, 0.717) is 13.2 Å². The van der Waals surface area contributed by atoms with Gasteiger partial charge in [-0.1, -0.05) is 25.1 Å². The standard InChI is InChI=1S/C17H20N2O2/c1-2-7-18-16-11-21-10-14(16)17(20)13-6-5-12-4-3-8-19-15(12)9-13/h3-6,8-9,14,16,18H,2,7,10-11H2,1H3. The first-order valence-electron chi connectivity index (χ1n) is 7.49. The Labute approximate surface area is 124 Å². The van der Waals surface area contributed by atoms with Crippen LogP contribution in [0.3, 0.4) is 0 Å². The molecule has 0 spiro atoms. The third-order valence-electron chi connectivity index (χ3n) is 3.96. The number of carbonyl (C=O) groups excluding carboxylic acids is 1. The molecule has 0 bridgehead atoms. The Balaban J connectivity index is 1.82. The maximum absolute atomic E-state index is 12.7. The maximum Gasteiger partial charge on any atom is 0.169 e. The number of rotatable bonds is 5. The largest absolute Gasteiger partial charge is 0.379 e. The van der Waals surface area contributed by atoms with Gasteiger partial charge < -0.3 is 10.1 Å². The summed E-state index contributed by atoms with van der Waals surface area (Å²) in [5.74, 6) is 0.0476. The van der Waals surface area contributed by atoms with Crippen LogP contribution in [0.5, 0.6) is 0 Å². The van der Waals surface area contributed by atoms with Gasteiger partial charge in [0.15, 0.2) is 5.78 Å². The second-order valence-corrected chi connectivity index (χ2v) is 5.48. The maximum atomic E-state index is 12.7. The lowest BCUT2D eigenvalue weighted by molar-refractivity contribution is 0.0891. The molecule has 1 aromatic heterocycles. The van der Waals surface area contributed by atoms with E-state index in [9.17, 15) is 4.79 Å². The van der Waals surface area contributed by atoms with Gasteiger partial charge in [-0.2, -0.15) is 0 Å². The Kier molecular flexibility index (Phi) is 4.27. The molecule has 2 aromatic rings. The first kappa shape index (κ1) is 14.2. The summed E-state index contributed by atoms with van der Waals surface area (Å²) in [6.07, 6.45) is 2.80. The van der Waals surface area contributed by atoms with Crippen LogP contribution in [-0.4, -0.2) is 36.6 Å².